The van der Waals surface area contributed by atoms with Gasteiger partial charge in [0, 0.05) is 37.1 Å². The lowest BCUT2D eigenvalue weighted by Crippen LogP contribution is -2.25. The first-order chi connectivity index (χ1) is 12.8. The Labute approximate surface area is 154 Å². The summed E-state index contributed by atoms with van der Waals surface area (Å²) in [6.07, 6.45) is -3.81. The van der Waals surface area contributed by atoms with Crippen molar-refractivity contribution in [3.8, 4) is 0 Å². The van der Waals surface area contributed by atoms with E-state index in [1.807, 2.05) is 0 Å². The number of carbonyl (C=O) groups excluding carboxylic acids is 2. The second kappa shape index (κ2) is 9.18. The molecule has 0 saturated heterocycles. The van der Waals surface area contributed by atoms with Crippen LogP contribution in [0.2, 0.25) is 0 Å². The monoisotopic (exact) mass is 380 g/mol. The minimum Gasteiger partial charge on any atom is -0.385 e. The van der Waals surface area contributed by atoms with E-state index in [1.54, 1.807) is 7.11 Å². The van der Waals surface area contributed by atoms with Gasteiger partial charge in [0.25, 0.3) is 11.8 Å². The number of amides is 2. The second-order valence-corrected chi connectivity index (χ2v) is 5.71. The minimum atomic E-state index is -4.49. The number of nitrogens with one attached hydrogen (secondary N) is 2. The summed E-state index contributed by atoms with van der Waals surface area (Å²) >= 11 is 0. The molecule has 0 spiro atoms. The Morgan fingerprint density at radius 1 is 1.00 bits per heavy atom. The lowest BCUT2D eigenvalue weighted by atomic mass is 10.1. The van der Waals surface area contributed by atoms with Crippen molar-refractivity contribution in [2.75, 3.05) is 25.6 Å². The van der Waals surface area contributed by atoms with Gasteiger partial charge >= 0.3 is 6.18 Å². The van der Waals surface area contributed by atoms with Gasteiger partial charge in [-0.05, 0) is 48.9 Å². The molecule has 0 aromatic heterocycles. The average molecular weight is 380 g/mol. The number of ether oxygens (including phenoxy) is 1. The van der Waals surface area contributed by atoms with Crippen molar-refractivity contribution >= 4 is 17.5 Å². The van der Waals surface area contributed by atoms with Crippen LogP contribution < -0.4 is 10.6 Å². The highest BCUT2D eigenvalue weighted by atomic mass is 19.4. The van der Waals surface area contributed by atoms with E-state index in [9.17, 15) is 22.8 Å². The molecule has 0 heterocycles. The molecule has 27 heavy (non-hydrogen) atoms. The number of anilines is 1. The number of hydrogen-bond donors (Lipinski definition) is 2. The standard InChI is InChI=1S/C19H19F3N2O3/c1-27-11-3-10-23-17(25)13-6-8-14(9-7-13)18(26)24-16-5-2-4-15(12-16)19(20,21)22/h2,4-9,12H,3,10-11H2,1H3,(H,23,25)(H,24,26). The molecule has 0 saturated carbocycles. The minimum absolute atomic E-state index is 0.0368. The van der Waals surface area contributed by atoms with Crippen LogP contribution in [0.4, 0.5) is 18.9 Å². The zero-order chi connectivity index (χ0) is 19.9. The molecule has 2 N–H and O–H groups in total. The predicted octanol–water partition coefficient (Wildman–Crippen LogP) is 3.72. The van der Waals surface area contributed by atoms with Gasteiger partial charge in [0.05, 0.1) is 5.56 Å². The van der Waals surface area contributed by atoms with Crippen molar-refractivity contribution in [1.29, 1.82) is 0 Å². The largest absolute Gasteiger partial charge is 0.416 e. The summed E-state index contributed by atoms with van der Waals surface area (Å²) in [7, 11) is 1.57. The fourth-order valence-corrected chi connectivity index (χ4v) is 2.27. The zero-order valence-electron chi connectivity index (χ0n) is 14.6. The molecule has 0 aliphatic heterocycles. The molecule has 2 rings (SSSR count). The number of hydrogen-bond acceptors (Lipinski definition) is 3. The highest BCUT2D eigenvalue weighted by molar-refractivity contribution is 6.05. The molecule has 8 heteroatoms. The number of benzene rings is 2. The van der Waals surface area contributed by atoms with Gasteiger partial charge in [0.1, 0.15) is 0 Å². The number of methoxy groups -OCH3 is 1. The van der Waals surface area contributed by atoms with Gasteiger partial charge in [-0.15, -0.1) is 0 Å². The molecule has 0 aliphatic carbocycles. The summed E-state index contributed by atoms with van der Waals surface area (Å²) in [5, 5.41) is 5.13. The highest BCUT2D eigenvalue weighted by Gasteiger charge is 2.30. The van der Waals surface area contributed by atoms with Gasteiger partial charge in [-0.3, -0.25) is 9.59 Å². The summed E-state index contributed by atoms with van der Waals surface area (Å²) in [6.45, 7) is 0.999. The summed E-state index contributed by atoms with van der Waals surface area (Å²) in [6, 6.07) is 10.2. The third-order valence-electron chi connectivity index (χ3n) is 3.67. The Balaban J connectivity index is 1.98. The molecule has 2 aromatic rings. The molecule has 144 valence electrons. The summed E-state index contributed by atoms with van der Waals surface area (Å²) in [5.41, 5.74) is -0.207. The Bertz CT molecular complexity index is 790. The molecule has 0 atom stereocenters. The molecule has 0 fully saturated rings. The highest BCUT2D eigenvalue weighted by Crippen LogP contribution is 2.30. The Kier molecular flexibility index (Phi) is 6.95. The molecular weight excluding hydrogens is 361 g/mol. The maximum atomic E-state index is 12.7. The Morgan fingerprint density at radius 2 is 1.63 bits per heavy atom. The lowest BCUT2D eigenvalue weighted by Gasteiger charge is -2.10. The van der Waals surface area contributed by atoms with Crippen LogP contribution in [0.1, 0.15) is 32.7 Å². The molecule has 2 aromatic carbocycles. The first-order valence-corrected chi connectivity index (χ1v) is 8.17. The Morgan fingerprint density at radius 3 is 2.22 bits per heavy atom. The van der Waals surface area contributed by atoms with Gasteiger partial charge in [-0.1, -0.05) is 6.07 Å². The SMILES string of the molecule is COCCCNC(=O)c1ccc(C(=O)Nc2cccc(C(F)(F)F)c2)cc1. The van der Waals surface area contributed by atoms with Crippen molar-refractivity contribution in [2.24, 2.45) is 0 Å². The van der Waals surface area contributed by atoms with E-state index in [2.05, 4.69) is 10.6 Å². The van der Waals surface area contributed by atoms with Crippen molar-refractivity contribution in [1.82, 2.24) is 5.32 Å². The van der Waals surface area contributed by atoms with E-state index in [4.69, 9.17) is 4.74 Å². The van der Waals surface area contributed by atoms with E-state index in [0.717, 1.165) is 12.1 Å². The maximum Gasteiger partial charge on any atom is 0.416 e. The van der Waals surface area contributed by atoms with Crippen LogP contribution >= 0.6 is 0 Å². The number of carbonyl (C=O) groups is 2. The Hall–Kier alpha value is -2.87. The van der Waals surface area contributed by atoms with Gasteiger partial charge in [0.15, 0.2) is 0 Å². The predicted molar refractivity (Wildman–Crippen MR) is 94.7 cm³/mol. The van der Waals surface area contributed by atoms with Crippen LogP contribution in [-0.2, 0) is 10.9 Å². The average Bonchev–Trinajstić information content (AvgIpc) is 2.64. The van der Waals surface area contributed by atoms with Gasteiger partial charge in [0.2, 0.25) is 0 Å². The van der Waals surface area contributed by atoms with Gasteiger partial charge in [-0.25, -0.2) is 0 Å². The molecule has 2 amide bonds. The van der Waals surface area contributed by atoms with Crippen LogP contribution in [0.15, 0.2) is 48.5 Å². The molecule has 0 aliphatic rings. The summed E-state index contributed by atoms with van der Waals surface area (Å²) < 4.78 is 43.1. The number of rotatable bonds is 7. The van der Waals surface area contributed by atoms with Crippen molar-refractivity contribution in [2.45, 2.75) is 12.6 Å². The second-order valence-electron chi connectivity index (χ2n) is 5.71. The third kappa shape index (κ3) is 6.10. The molecule has 0 radical (unpaired) electrons. The fraction of sp³-hybridized carbons (Fsp3) is 0.263. The van der Waals surface area contributed by atoms with Crippen molar-refractivity contribution in [3.63, 3.8) is 0 Å². The van der Waals surface area contributed by atoms with Crippen LogP contribution in [0.25, 0.3) is 0 Å². The first kappa shape index (κ1) is 20.4. The number of alkyl halides is 3. The molecule has 0 unspecified atom stereocenters. The topological polar surface area (TPSA) is 67.4 Å². The lowest BCUT2D eigenvalue weighted by molar-refractivity contribution is -0.137. The quantitative estimate of drug-likeness (QED) is 0.720. The van der Waals surface area contributed by atoms with E-state index >= 15 is 0 Å². The van der Waals surface area contributed by atoms with Crippen LogP contribution in [-0.4, -0.2) is 32.1 Å². The maximum absolute atomic E-state index is 12.7. The molecule has 5 nitrogen and oxygen atoms in total. The van der Waals surface area contributed by atoms with Gasteiger partial charge < -0.3 is 15.4 Å². The van der Waals surface area contributed by atoms with Crippen LogP contribution in [0, 0.1) is 0 Å². The first-order valence-electron chi connectivity index (χ1n) is 8.17. The van der Waals surface area contributed by atoms with Gasteiger partial charge in [-0.2, -0.15) is 13.2 Å². The van der Waals surface area contributed by atoms with Crippen molar-refractivity contribution < 1.29 is 27.5 Å². The van der Waals surface area contributed by atoms with Crippen molar-refractivity contribution in [3.05, 3.63) is 65.2 Å². The van der Waals surface area contributed by atoms with E-state index in [0.29, 0.717) is 25.1 Å². The van der Waals surface area contributed by atoms with Crippen LogP contribution in [0.5, 0.6) is 0 Å². The normalized spacial score (nSPS) is 11.1. The summed E-state index contributed by atoms with van der Waals surface area (Å²) in [5.74, 6) is -0.850. The van der Waals surface area contributed by atoms with E-state index in [1.165, 1.54) is 36.4 Å². The van der Waals surface area contributed by atoms with E-state index in [-0.39, 0.29) is 17.2 Å². The summed E-state index contributed by atoms with van der Waals surface area (Å²) in [4.78, 5) is 24.1. The molecular formula is C19H19F3N2O3. The smallest absolute Gasteiger partial charge is 0.385 e. The third-order valence-corrected chi connectivity index (χ3v) is 3.67. The fourth-order valence-electron chi connectivity index (χ4n) is 2.27. The zero-order valence-corrected chi connectivity index (χ0v) is 14.6. The number of halogens is 3. The van der Waals surface area contributed by atoms with Crippen LogP contribution in [0.3, 0.4) is 0 Å². The van der Waals surface area contributed by atoms with E-state index < -0.39 is 17.6 Å². The molecule has 0 bridgehead atoms.